The molecule has 1 fully saturated rings. The molecule has 0 radical (unpaired) electrons. The zero-order valence-corrected chi connectivity index (χ0v) is 14.9. The second kappa shape index (κ2) is 8.01. The van der Waals surface area contributed by atoms with Crippen molar-refractivity contribution in [2.75, 3.05) is 19.6 Å². The highest BCUT2D eigenvalue weighted by Gasteiger charge is 2.18. The Morgan fingerprint density at radius 1 is 1.33 bits per heavy atom. The number of piperidine rings is 1. The lowest BCUT2D eigenvalue weighted by atomic mass is 10.0. The Labute approximate surface area is 147 Å². The van der Waals surface area contributed by atoms with Gasteiger partial charge in [0.25, 0.3) is 0 Å². The highest BCUT2D eigenvalue weighted by atomic mass is 32.1. The normalized spacial score (nSPS) is 16.4. The van der Waals surface area contributed by atoms with Gasteiger partial charge in [-0.3, -0.25) is 4.90 Å². The predicted molar refractivity (Wildman–Crippen MR) is 98.6 cm³/mol. The fraction of sp³-hybridized carbons (Fsp3) is 0.421. The summed E-state index contributed by atoms with van der Waals surface area (Å²) in [5, 5.41) is 6.65. The van der Waals surface area contributed by atoms with Crippen LogP contribution in [0.5, 0.6) is 0 Å². The Hall–Kier alpha value is -1.56. The number of hydrogen-bond acceptors (Lipinski definition) is 4. The van der Waals surface area contributed by atoms with E-state index >= 15 is 0 Å². The third kappa shape index (κ3) is 4.72. The number of nitrogens with one attached hydrogen (secondary N) is 1. The molecule has 1 aliphatic rings. The van der Waals surface area contributed by atoms with Gasteiger partial charge >= 0.3 is 0 Å². The average Bonchev–Trinajstić information content (AvgIpc) is 3.03. The number of thiazole rings is 1. The molecule has 1 aliphatic heterocycles. The molecule has 1 N–H and O–H groups in total. The van der Waals surface area contributed by atoms with Crippen LogP contribution in [0.2, 0.25) is 0 Å². The predicted octanol–water partition coefficient (Wildman–Crippen LogP) is 4.08. The molecule has 0 spiro atoms. The molecular formula is C19H24FN3S. The molecule has 2 heterocycles. The molecule has 0 unspecified atom stereocenters. The van der Waals surface area contributed by atoms with Crippen LogP contribution in [0.4, 0.5) is 4.39 Å². The summed E-state index contributed by atoms with van der Waals surface area (Å²) in [6.45, 7) is 10.1. The first kappa shape index (κ1) is 17.3. The van der Waals surface area contributed by atoms with E-state index in [4.69, 9.17) is 0 Å². The van der Waals surface area contributed by atoms with Crippen LogP contribution in [-0.4, -0.2) is 35.6 Å². The first-order valence-electron chi connectivity index (χ1n) is 8.40. The SMILES string of the molecule is C=C(C)CN1CCC(NCc2csc(-c3ccc(F)cc3)n2)CC1. The molecule has 2 aromatic rings. The second-order valence-corrected chi connectivity index (χ2v) is 7.40. The Balaban J connectivity index is 1.48. The third-order valence-corrected chi connectivity index (χ3v) is 5.24. The Kier molecular flexibility index (Phi) is 5.76. The number of halogens is 1. The van der Waals surface area contributed by atoms with E-state index in [1.165, 1.54) is 30.5 Å². The maximum Gasteiger partial charge on any atom is 0.123 e. The molecule has 24 heavy (non-hydrogen) atoms. The van der Waals surface area contributed by atoms with Gasteiger partial charge in [0.15, 0.2) is 0 Å². The van der Waals surface area contributed by atoms with Crippen LogP contribution in [0.1, 0.15) is 25.5 Å². The molecule has 128 valence electrons. The van der Waals surface area contributed by atoms with Gasteiger partial charge in [-0.15, -0.1) is 11.3 Å². The van der Waals surface area contributed by atoms with E-state index in [9.17, 15) is 4.39 Å². The van der Waals surface area contributed by atoms with Crippen molar-refractivity contribution >= 4 is 11.3 Å². The smallest absolute Gasteiger partial charge is 0.123 e. The monoisotopic (exact) mass is 345 g/mol. The minimum absolute atomic E-state index is 0.213. The number of nitrogens with zero attached hydrogens (tertiary/aromatic N) is 2. The van der Waals surface area contributed by atoms with Crippen molar-refractivity contribution < 1.29 is 4.39 Å². The first-order chi connectivity index (χ1) is 11.6. The zero-order chi connectivity index (χ0) is 16.9. The van der Waals surface area contributed by atoms with Gasteiger partial charge in [0.2, 0.25) is 0 Å². The van der Waals surface area contributed by atoms with Crippen molar-refractivity contribution in [1.82, 2.24) is 15.2 Å². The van der Waals surface area contributed by atoms with Crippen molar-refractivity contribution in [3.63, 3.8) is 0 Å². The quantitative estimate of drug-likeness (QED) is 0.800. The van der Waals surface area contributed by atoms with Crippen molar-refractivity contribution in [3.05, 3.63) is 53.3 Å². The summed E-state index contributed by atoms with van der Waals surface area (Å²) in [6.07, 6.45) is 2.34. The van der Waals surface area contributed by atoms with Gasteiger partial charge < -0.3 is 5.32 Å². The van der Waals surface area contributed by atoms with Gasteiger partial charge in [-0.2, -0.15) is 0 Å². The van der Waals surface area contributed by atoms with E-state index in [1.807, 2.05) is 0 Å². The van der Waals surface area contributed by atoms with Crippen molar-refractivity contribution in [3.8, 4) is 10.6 Å². The largest absolute Gasteiger partial charge is 0.308 e. The summed E-state index contributed by atoms with van der Waals surface area (Å²) in [5.41, 5.74) is 3.27. The molecule has 0 aliphatic carbocycles. The first-order valence-corrected chi connectivity index (χ1v) is 9.28. The molecule has 0 bridgehead atoms. The number of aromatic nitrogens is 1. The van der Waals surface area contributed by atoms with E-state index in [2.05, 4.69) is 34.1 Å². The number of rotatable bonds is 6. The summed E-state index contributed by atoms with van der Waals surface area (Å²) < 4.78 is 13.0. The summed E-state index contributed by atoms with van der Waals surface area (Å²) >= 11 is 1.61. The van der Waals surface area contributed by atoms with E-state index < -0.39 is 0 Å². The minimum atomic E-state index is -0.213. The van der Waals surface area contributed by atoms with Crippen LogP contribution >= 0.6 is 11.3 Å². The molecule has 1 aromatic carbocycles. The van der Waals surface area contributed by atoms with Crippen LogP contribution in [-0.2, 0) is 6.54 Å². The number of benzene rings is 1. The van der Waals surface area contributed by atoms with Crippen LogP contribution in [0.25, 0.3) is 10.6 Å². The molecular weight excluding hydrogens is 321 g/mol. The van der Waals surface area contributed by atoms with Gasteiger partial charge in [-0.1, -0.05) is 12.2 Å². The molecule has 1 aromatic heterocycles. The van der Waals surface area contributed by atoms with Crippen molar-refractivity contribution in [1.29, 1.82) is 0 Å². The third-order valence-electron chi connectivity index (χ3n) is 4.30. The lowest BCUT2D eigenvalue weighted by Crippen LogP contribution is -2.42. The summed E-state index contributed by atoms with van der Waals surface area (Å²) in [5.74, 6) is -0.213. The Bertz CT molecular complexity index is 672. The average molecular weight is 345 g/mol. The van der Waals surface area contributed by atoms with E-state index in [-0.39, 0.29) is 5.82 Å². The van der Waals surface area contributed by atoms with Crippen LogP contribution in [0, 0.1) is 5.82 Å². The zero-order valence-electron chi connectivity index (χ0n) is 14.1. The lowest BCUT2D eigenvalue weighted by molar-refractivity contribution is 0.211. The number of likely N-dealkylation sites (tertiary alicyclic amines) is 1. The van der Waals surface area contributed by atoms with Gasteiger partial charge in [-0.05, 0) is 57.1 Å². The fourth-order valence-corrected chi connectivity index (χ4v) is 3.86. The molecule has 3 rings (SSSR count). The maximum atomic E-state index is 13.0. The Morgan fingerprint density at radius 2 is 2.04 bits per heavy atom. The highest BCUT2D eigenvalue weighted by Crippen LogP contribution is 2.24. The molecule has 3 nitrogen and oxygen atoms in total. The molecule has 5 heteroatoms. The molecule has 1 saturated heterocycles. The lowest BCUT2D eigenvalue weighted by Gasteiger charge is -2.32. The van der Waals surface area contributed by atoms with Gasteiger partial charge in [-0.25, -0.2) is 9.37 Å². The maximum absolute atomic E-state index is 13.0. The summed E-state index contributed by atoms with van der Waals surface area (Å²) in [4.78, 5) is 7.13. The fourth-order valence-electron chi connectivity index (χ4n) is 3.04. The van der Waals surface area contributed by atoms with Crippen LogP contribution in [0.15, 0.2) is 41.8 Å². The molecule has 0 amide bonds. The molecule has 0 atom stereocenters. The van der Waals surface area contributed by atoms with Gasteiger partial charge in [0.1, 0.15) is 10.8 Å². The van der Waals surface area contributed by atoms with E-state index in [1.54, 1.807) is 23.5 Å². The second-order valence-electron chi connectivity index (χ2n) is 6.54. The van der Waals surface area contributed by atoms with Gasteiger partial charge in [0, 0.05) is 30.1 Å². The standard InChI is InChI=1S/C19H24FN3S/c1-14(2)12-23-9-7-17(8-10-23)21-11-18-13-24-19(22-18)15-3-5-16(20)6-4-15/h3-6,13,17,21H,1,7-12H2,2H3. The molecule has 0 saturated carbocycles. The topological polar surface area (TPSA) is 28.2 Å². The van der Waals surface area contributed by atoms with E-state index in [0.29, 0.717) is 6.04 Å². The highest BCUT2D eigenvalue weighted by molar-refractivity contribution is 7.13. The summed E-state index contributed by atoms with van der Waals surface area (Å²) in [6, 6.07) is 7.08. The number of hydrogen-bond donors (Lipinski definition) is 1. The van der Waals surface area contributed by atoms with Crippen molar-refractivity contribution in [2.45, 2.75) is 32.4 Å². The van der Waals surface area contributed by atoms with Crippen molar-refractivity contribution in [2.24, 2.45) is 0 Å². The van der Waals surface area contributed by atoms with Crippen LogP contribution < -0.4 is 5.32 Å². The van der Waals surface area contributed by atoms with Gasteiger partial charge in [0.05, 0.1) is 5.69 Å². The summed E-state index contributed by atoms with van der Waals surface area (Å²) in [7, 11) is 0. The van der Waals surface area contributed by atoms with E-state index in [0.717, 1.165) is 42.4 Å². The van der Waals surface area contributed by atoms with Crippen LogP contribution in [0.3, 0.4) is 0 Å². The Morgan fingerprint density at radius 3 is 2.71 bits per heavy atom. The minimum Gasteiger partial charge on any atom is -0.308 e.